The Labute approximate surface area is 155 Å². The summed E-state index contributed by atoms with van der Waals surface area (Å²) in [5, 5.41) is 11.2. The first-order chi connectivity index (χ1) is 9.99. The molecule has 11 nitrogen and oxygen atoms in total. The van der Waals surface area contributed by atoms with E-state index in [4.69, 9.17) is 0 Å². The zero-order valence-electron chi connectivity index (χ0n) is 12.8. The van der Waals surface area contributed by atoms with Gasteiger partial charge in [-0.1, -0.05) is 0 Å². The third-order valence-electron chi connectivity index (χ3n) is 3.18. The average Bonchev–Trinajstić information content (AvgIpc) is 2.98. The van der Waals surface area contributed by atoms with Crippen molar-refractivity contribution in [2.45, 2.75) is 0 Å². The van der Waals surface area contributed by atoms with E-state index < -0.39 is 16.0 Å². The van der Waals surface area contributed by atoms with Crippen LogP contribution in [0.5, 0.6) is 0 Å². The second-order valence-corrected chi connectivity index (χ2v) is 4.40. The summed E-state index contributed by atoms with van der Waals surface area (Å²) in [5.74, 6) is 0. The summed E-state index contributed by atoms with van der Waals surface area (Å²) in [6, 6.07) is 2.69. The van der Waals surface area contributed by atoms with Crippen LogP contribution in [0.4, 0.5) is 5.69 Å². The number of aryl methyl sites for hydroxylation is 1. The quantitative estimate of drug-likeness (QED) is 0.251. The molecule has 0 spiro atoms. The SMILES string of the molecule is Cn1c(=O)c(=O)[nH]c2cc([N+](=O)[O-])c(-n3ccnc3)cc21.O.O.[Na]. The van der Waals surface area contributed by atoms with Gasteiger partial charge in [-0.15, -0.1) is 0 Å². The number of H-pyrrole nitrogens is 1. The molecule has 3 rings (SSSR count). The zero-order valence-corrected chi connectivity index (χ0v) is 14.8. The average molecular weight is 346 g/mol. The van der Waals surface area contributed by atoms with Crippen molar-refractivity contribution in [1.29, 1.82) is 0 Å². The first-order valence-corrected chi connectivity index (χ1v) is 5.89. The number of benzene rings is 1. The first-order valence-electron chi connectivity index (χ1n) is 5.89. The molecular weight excluding hydrogens is 333 g/mol. The van der Waals surface area contributed by atoms with Crippen molar-refractivity contribution in [2.75, 3.05) is 0 Å². The summed E-state index contributed by atoms with van der Waals surface area (Å²) < 4.78 is 2.62. The van der Waals surface area contributed by atoms with Gasteiger partial charge in [0.2, 0.25) is 0 Å². The van der Waals surface area contributed by atoms with E-state index in [1.165, 1.54) is 36.3 Å². The maximum absolute atomic E-state index is 11.7. The van der Waals surface area contributed by atoms with Crippen molar-refractivity contribution in [3.63, 3.8) is 0 Å². The van der Waals surface area contributed by atoms with Crippen molar-refractivity contribution in [3.8, 4) is 5.69 Å². The van der Waals surface area contributed by atoms with Gasteiger partial charge in [0.1, 0.15) is 5.69 Å². The van der Waals surface area contributed by atoms with Crippen LogP contribution in [-0.2, 0) is 7.05 Å². The van der Waals surface area contributed by atoms with Gasteiger partial charge in [-0.05, 0) is 6.07 Å². The Kier molecular flexibility index (Phi) is 7.22. The number of fused-ring (bicyclic) bond motifs is 1. The Morgan fingerprint density at radius 3 is 2.46 bits per heavy atom. The van der Waals surface area contributed by atoms with Crippen molar-refractivity contribution < 1.29 is 15.9 Å². The van der Waals surface area contributed by atoms with Gasteiger partial charge < -0.3 is 25.1 Å². The molecule has 0 aliphatic heterocycles. The Hall–Kier alpha value is -2.31. The predicted molar refractivity (Wildman–Crippen MR) is 86.6 cm³/mol. The Balaban J connectivity index is 0.00000176. The van der Waals surface area contributed by atoms with E-state index in [1.54, 1.807) is 6.20 Å². The molecule has 2 aromatic heterocycles. The van der Waals surface area contributed by atoms with E-state index in [2.05, 4.69) is 9.97 Å². The van der Waals surface area contributed by atoms with Crippen LogP contribution in [0, 0.1) is 10.1 Å². The molecule has 12 heteroatoms. The minimum absolute atomic E-state index is 0. The summed E-state index contributed by atoms with van der Waals surface area (Å²) in [6.07, 6.45) is 4.45. The minimum atomic E-state index is -0.824. The van der Waals surface area contributed by atoms with Crippen LogP contribution in [0.1, 0.15) is 0 Å². The van der Waals surface area contributed by atoms with Crippen molar-refractivity contribution in [1.82, 2.24) is 19.1 Å². The number of rotatable bonds is 2. The van der Waals surface area contributed by atoms with Gasteiger partial charge in [0, 0.05) is 55.1 Å². The largest absolute Gasteiger partial charge is 0.412 e. The summed E-state index contributed by atoms with van der Waals surface area (Å²) >= 11 is 0. The van der Waals surface area contributed by atoms with E-state index in [9.17, 15) is 19.7 Å². The second kappa shape index (κ2) is 7.99. The van der Waals surface area contributed by atoms with Crippen LogP contribution in [0.15, 0.2) is 40.4 Å². The van der Waals surface area contributed by atoms with Gasteiger partial charge in [-0.25, -0.2) is 4.98 Å². The van der Waals surface area contributed by atoms with Gasteiger partial charge in [0.25, 0.3) is 5.69 Å². The number of nitro benzene ring substituents is 1. The monoisotopic (exact) mass is 346 g/mol. The van der Waals surface area contributed by atoms with E-state index in [-0.39, 0.29) is 57.4 Å². The zero-order chi connectivity index (χ0) is 15.1. The van der Waals surface area contributed by atoms with Gasteiger partial charge in [-0.2, -0.15) is 0 Å². The fourth-order valence-corrected chi connectivity index (χ4v) is 2.14. The number of nitrogens with one attached hydrogen (secondary N) is 1. The number of aromatic nitrogens is 4. The molecule has 0 saturated carbocycles. The standard InChI is InChI=1S/C12H9N5O4.Na.2H2O/c1-15-8-5-9(16-3-2-13-6-16)10(17(20)21)4-7(8)14-11(18)12(15)19;;;/h2-6H,1H3,(H,14,18);;2*1H2. The molecule has 2 heterocycles. The van der Waals surface area contributed by atoms with Gasteiger partial charge in [-0.3, -0.25) is 19.7 Å². The van der Waals surface area contributed by atoms with Gasteiger partial charge >= 0.3 is 11.1 Å². The first kappa shape index (κ1) is 21.7. The predicted octanol–water partition coefficient (Wildman–Crippen LogP) is -1.71. The Bertz CT molecular complexity index is 978. The molecule has 1 radical (unpaired) electrons. The molecular formula is C12H13N5NaO6. The molecule has 5 N–H and O–H groups in total. The van der Waals surface area contributed by atoms with Crippen LogP contribution in [0.25, 0.3) is 16.7 Å². The van der Waals surface area contributed by atoms with Crippen LogP contribution in [-0.4, -0.2) is 64.5 Å². The van der Waals surface area contributed by atoms with E-state index in [0.29, 0.717) is 5.52 Å². The van der Waals surface area contributed by atoms with Crippen molar-refractivity contribution in [2.24, 2.45) is 7.05 Å². The minimum Gasteiger partial charge on any atom is -0.412 e. The number of hydrogen-bond acceptors (Lipinski definition) is 5. The number of nitro groups is 1. The van der Waals surface area contributed by atoms with Gasteiger partial charge in [0.15, 0.2) is 0 Å². The number of imidazole rings is 1. The molecule has 24 heavy (non-hydrogen) atoms. The van der Waals surface area contributed by atoms with Crippen molar-refractivity contribution in [3.05, 3.63) is 61.7 Å². The smallest absolute Gasteiger partial charge is 0.316 e. The van der Waals surface area contributed by atoms with Crippen LogP contribution < -0.4 is 11.1 Å². The van der Waals surface area contributed by atoms with Crippen LogP contribution >= 0.6 is 0 Å². The summed E-state index contributed by atoms with van der Waals surface area (Å²) in [6.45, 7) is 0. The molecule has 0 amide bonds. The molecule has 0 atom stereocenters. The summed E-state index contributed by atoms with van der Waals surface area (Å²) in [7, 11) is 1.43. The molecule has 0 saturated heterocycles. The molecule has 3 aromatic rings. The molecule has 1 aromatic carbocycles. The molecule has 0 fully saturated rings. The van der Waals surface area contributed by atoms with Crippen LogP contribution in [0.3, 0.4) is 0 Å². The normalized spacial score (nSPS) is 9.54. The second-order valence-electron chi connectivity index (χ2n) is 4.40. The maximum atomic E-state index is 11.7. The molecule has 0 unspecified atom stereocenters. The number of nitrogens with zero attached hydrogens (tertiary/aromatic N) is 4. The maximum Gasteiger partial charge on any atom is 0.316 e. The molecule has 0 bridgehead atoms. The van der Waals surface area contributed by atoms with Gasteiger partial charge in [0.05, 0.1) is 22.3 Å². The van der Waals surface area contributed by atoms with Crippen LogP contribution in [0.2, 0.25) is 0 Å². The Morgan fingerprint density at radius 1 is 1.25 bits per heavy atom. The third kappa shape index (κ3) is 3.44. The van der Waals surface area contributed by atoms with E-state index in [1.807, 2.05) is 0 Å². The fourth-order valence-electron chi connectivity index (χ4n) is 2.14. The summed E-state index contributed by atoms with van der Waals surface area (Å²) in [4.78, 5) is 40.0. The van der Waals surface area contributed by atoms with E-state index in [0.717, 1.165) is 4.57 Å². The third-order valence-corrected chi connectivity index (χ3v) is 3.18. The molecule has 0 aliphatic carbocycles. The fraction of sp³-hybridized carbons (Fsp3) is 0.0833. The number of aromatic amines is 1. The number of hydrogen-bond donors (Lipinski definition) is 1. The molecule has 0 aliphatic rings. The van der Waals surface area contributed by atoms with E-state index >= 15 is 0 Å². The Morgan fingerprint density at radius 2 is 1.92 bits per heavy atom. The topological polar surface area (TPSA) is 179 Å². The summed E-state index contributed by atoms with van der Waals surface area (Å²) in [5.41, 5.74) is -0.893. The molecule has 123 valence electrons. The van der Waals surface area contributed by atoms with Crippen molar-refractivity contribution >= 4 is 46.3 Å².